The van der Waals surface area contributed by atoms with Crippen molar-refractivity contribution in [1.29, 1.82) is 0 Å². The Morgan fingerprint density at radius 3 is 2.50 bits per heavy atom. The highest BCUT2D eigenvalue weighted by atomic mass is 32.2. The molecule has 0 radical (unpaired) electrons. The van der Waals surface area contributed by atoms with Crippen molar-refractivity contribution in [2.75, 3.05) is 22.7 Å². The molecule has 2 aromatic carbocycles. The first-order valence-electron chi connectivity index (χ1n) is 9.16. The zero-order valence-electron chi connectivity index (χ0n) is 16.1. The molecule has 0 aliphatic heterocycles. The van der Waals surface area contributed by atoms with Gasteiger partial charge in [-0.1, -0.05) is 18.2 Å². The zero-order chi connectivity index (χ0) is 21.7. The number of aliphatic hydroxyl groups is 1. The summed E-state index contributed by atoms with van der Waals surface area (Å²) >= 11 is 0. The highest BCUT2D eigenvalue weighted by Gasteiger charge is 2.27. The summed E-state index contributed by atoms with van der Waals surface area (Å²) in [4.78, 5) is 10.7. The van der Waals surface area contributed by atoms with Crippen molar-refractivity contribution in [3.8, 4) is 0 Å². The van der Waals surface area contributed by atoms with Crippen LogP contribution in [0.3, 0.4) is 0 Å². The number of nitrogens with one attached hydrogen (secondary N) is 1. The van der Waals surface area contributed by atoms with Crippen LogP contribution in [0.15, 0.2) is 76.2 Å². The lowest BCUT2D eigenvalue weighted by Crippen LogP contribution is -2.30. The number of rotatable bonds is 9. The van der Waals surface area contributed by atoms with Gasteiger partial charge in [0.05, 0.1) is 21.8 Å². The summed E-state index contributed by atoms with van der Waals surface area (Å²) in [6, 6.07) is 15.3. The molecule has 158 valence electrons. The SMILES string of the molecule is CCN(c1ccccc1)S(=O)(=O)c1ccc(NCC(O)c2ccco2)c([N+](=O)[O-])c1. The average Bonchev–Trinajstić information content (AvgIpc) is 3.28. The number of nitrogens with zero attached hydrogens (tertiary/aromatic N) is 2. The van der Waals surface area contributed by atoms with Gasteiger partial charge in [-0.25, -0.2) is 8.42 Å². The Kier molecular flexibility index (Phi) is 6.38. The van der Waals surface area contributed by atoms with Gasteiger partial charge >= 0.3 is 0 Å². The van der Waals surface area contributed by atoms with Crippen molar-refractivity contribution < 1.29 is 22.9 Å². The fraction of sp³-hybridized carbons (Fsp3) is 0.200. The van der Waals surface area contributed by atoms with Crippen molar-refractivity contribution in [1.82, 2.24) is 0 Å². The van der Waals surface area contributed by atoms with Gasteiger partial charge in [0.1, 0.15) is 17.6 Å². The van der Waals surface area contributed by atoms with Crippen LogP contribution in [0.25, 0.3) is 0 Å². The molecule has 3 aromatic rings. The minimum atomic E-state index is -4.01. The van der Waals surface area contributed by atoms with Crippen molar-refractivity contribution in [3.05, 3.63) is 82.8 Å². The van der Waals surface area contributed by atoms with Crippen LogP contribution in [0.1, 0.15) is 18.8 Å². The number of benzene rings is 2. The fourth-order valence-electron chi connectivity index (χ4n) is 2.97. The average molecular weight is 431 g/mol. The van der Waals surface area contributed by atoms with Crippen LogP contribution in [-0.4, -0.2) is 31.5 Å². The summed E-state index contributed by atoms with van der Waals surface area (Å²) in [6.45, 7) is 1.80. The number of nitro benzene ring substituents is 1. The molecule has 0 saturated carbocycles. The van der Waals surface area contributed by atoms with Gasteiger partial charge in [0.25, 0.3) is 15.7 Å². The van der Waals surface area contributed by atoms with Gasteiger partial charge in [0, 0.05) is 19.2 Å². The van der Waals surface area contributed by atoms with E-state index in [2.05, 4.69) is 5.32 Å². The molecule has 3 rings (SSSR count). The maximum atomic E-state index is 13.1. The summed E-state index contributed by atoms with van der Waals surface area (Å²) in [5, 5.41) is 24.4. The largest absolute Gasteiger partial charge is 0.467 e. The first-order valence-corrected chi connectivity index (χ1v) is 10.6. The second kappa shape index (κ2) is 8.97. The molecule has 0 spiro atoms. The van der Waals surface area contributed by atoms with E-state index in [4.69, 9.17) is 4.42 Å². The van der Waals surface area contributed by atoms with Gasteiger partial charge in [-0.05, 0) is 43.3 Å². The molecule has 9 nitrogen and oxygen atoms in total. The molecule has 0 amide bonds. The van der Waals surface area contributed by atoms with E-state index in [1.54, 1.807) is 49.4 Å². The number of para-hydroxylation sites is 1. The number of aliphatic hydroxyl groups excluding tert-OH is 1. The summed E-state index contributed by atoms with van der Waals surface area (Å²) in [6.07, 6.45) is 0.393. The van der Waals surface area contributed by atoms with E-state index in [0.29, 0.717) is 11.4 Å². The first-order chi connectivity index (χ1) is 14.3. The highest BCUT2D eigenvalue weighted by Crippen LogP contribution is 2.31. The van der Waals surface area contributed by atoms with E-state index in [1.807, 2.05) is 0 Å². The van der Waals surface area contributed by atoms with Crippen LogP contribution in [-0.2, 0) is 10.0 Å². The lowest BCUT2D eigenvalue weighted by Gasteiger charge is -2.23. The molecule has 1 heterocycles. The molecule has 30 heavy (non-hydrogen) atoms. The van der Waals surface area contributed by atoms with E-state index >= 15 is 0 Å². The maximum absolute atomic E-state index is 13.1. The number of sulfonamides is 1. The second-order valence-corrected chi connectivity index (χ2v) is 8.22. The van der Waals surface area contributed by atoms with Gasteiger partial charge < -0.3 is 14.8 Å². The molecule has 0 aliphatic rings. The van der Waals surface area contributed by atoms with E-state index in [0.717, 1.165) is 6.07 Å². The van der Waals surface area contributed by atoms with Crippen molar-refractivity contribution in [2.45, 2.75) is 17.9 Å². The Morgan fingerprint density at radius 1 is 1.17 bits per heavy atom. The number of hydrogen-bond donors (Lipinski definition) is 2. The maximum Gasteiger partial charge on any atom is 0.293 e. The normalized spacial score (nSPS) is 12.3. The lowest BCUT2D eigenvalue weighted by atomic mass is 10.2. The van der Waals surface area contributed by atoms with Crippen molar-refractivity contribution >= 4 is 27.1 Å². The second-order valence-electron chi connectivity index (χ2n) is 6.35. The third-order valence-electron chi connectivity index (χ3n) is 4.44. The van der Waals surface area contributed by atoms with E-state index in [-0.39, 0.29) is 23.7 Å². The third-order valence-corrected chi connectivity index (χ3v) is 6.34. The number of nitro groups is 1. The molecule has 1 aromatic heterocycles. The van der Waals surface area contributed by atoms with E-state index in [1.165, 1.54) is 22.7 Å². The molecule has 1 unspecified atom stereocenters. The first kappa shape index (κ1) is 21.3. The van der Waals surface area contributed by atoms with Crippen LogP contribution in [0.2, 0.25) is 0 Å². The van der Waals surface area contributed by atoms with Gasteiger partial charge in [-0.2, -0.15) is 0 Å². The molecular formula is C20H21N3O6S. The third kappa shape index (κ3) is 4.44. The number of furan rings is 1. The van der Waals surface area contributed by atoms with Crippen LogP contribution in [0, 0.1) is 10.1 Å². The van der Waals surface area contributed by atoms with Crippen LogP contribution in [0.5, 0.6) is 0 Å². The number of hydrogen-bond acceptors (Lipinski definition) is 7. The molecule has 0 saturated heterocycles. The Labute approximate surface area is 173 Å². The summed E-state index contributed by atoms with van der Waals surface area (Å²) in [5.41, 5.74) is 0.144. The van der Waals surface area contributed by atoms with Crippen LogP contribution < -0.4 is 9.62 Å². The fourth-order valence-corrected chi connectivity index (χ4v) is 4.47. The standard InChI is InChI=1S/C20H21N3O6S/c1-2-22(15-7-4-3-5-8-15)30(27,28)16-10-11-17(18(13-16)23(25)26)21-14-19(24)20-9-6-12-29-20/h3-13,19,21,24H,2,14H2,1H3. The van der Waals surface area contributed by atoms with Crippen LogP contribution >= 0.6 is 0 Å². The summed E-state index contributed by atoms with van der Waals surface area (Å²) in [5.74, 6) is 0.311. The van der Waals surface area contributed by atoms with E-state index < -0.39 is 26.7 Å². The van der Waals surface area contributed by atoms with Crippen LogP contribution in [0.4, 0.5) is 17.1 Å². The van der Waals surface area contributed by atoms with Gasteiger partial charge in [-0.15, -0.1) is 0 Å². The number of anilines is 2. The predicted octanol–water partition coefficient (Wildman–Crippen LogP) is 3.55. The Balaban J connectivity index is 1.89. The molecular weight excluding hydrogens is 410 g/mol. The zero-order valence-corrected chi connectivity index (χ0v) is 17.0. The quantitative estimate of drug-likeness (QED) is 0.392. The highest BCUT2D eigenvalue weighted by molar-refractivity contribution is 7.92. The summed E-state index contributed by atoms with van der Waals surface area (Å²) in [7, 11) is -4.01. The van der Waals surface area contributed by atoms with Gasteiger partial charge in [0.15, 0.2) is 0 Å². The predicted molar refractivity (Wildman–Crippen MR) is 112 cm³/mol. The molecule has 1 atom stereocenters. The molecule has 2 N–H and O–H groups in total. The van der Waals surface area contributed by atoms with Crippen molar-refractivity contribution in [2.24, 2.45) is 0 Å². The smallest absolute Gasteiger partial charge is 0.293 e. The molecule has 10 heteroatoms. The Morgan fingerprint density at radius 2 is 1.90 bits per heavy atom. The summed E-state index contributed by atoms with van der Waals surface area (Å²) < 4.78 is 32.5. The molecule has 0 fully saturated rings. The topological polar surface area (TPSA) is 126 Å². The van der Waals surface area contributed by atoms with Crippen molar-refractivity contribution in [3.63, 3.8) is 0 Å². The Hall–Kier alpha value is -3.37. The van der Waals surface area contributed by atoms with E-state index in [9.17, 15) is 23.6 Å². The minimum absolute atomic E-state index is 0.0500. The molecule has 0 aliphatic carbocycles. The van der Waals surface area contributed by atoms with Gasteiger partial charge in [0.2, 0.25) is 0 Å². The Bertz CT molecular complexity index is 1100. The lowest BCUT2D eigenvalue weighted by molar-refractivity contribution is -0.384. The molecule has 0 bridgehead atoms. The minimum Gasteiger partial charge on any atom is -0.467 e. The van der Waals surface area contributed by atoms with Gasteiger partial charge in [-0.3, -0.25) is 14.4 Å². The monoisotopic (exact) mass is 431 g/mol.